The fourth-order valence-electron chi connectivity index (χ4n) is 3.37. The highest BCUT2D eigenvalue weighted by atomic mass is 16.5. The van der Waals surface area contributed by atoms with Crippen LogP contribution >= 0.6 is 0 Å². The summed E-state index contributed by atoms with van der Waals surface area (Å²) in [5.74, 6) is -0.141. The highest BCUT2D eigenvalue weighted by molar-refractivity contribution is 5.99. The molecule has 0 N–H and O–H groups in total. The lowest BCUT2D eigenvalue weighted by atomic mass is 9.98. The number of nitrogens with zero attached hydrogens (tertiary/aromatic N) is 1. The first-order valence-corrected chi connectivity index (χ1v) is 8.13. The average molecular weight is 335 g/mol. The highest BCUT2D eigenvalue weighted by Crippen LogP contribution is 2.37. The highest BCUT2D eigenvalue weighted by Gasteiger charge is 2.42. The fourth-order valence-corrected chi connectivity index (χ4v) is 3.37. The predicted molar refractivity (Wildman–Crippen MR) is 93.7 cm³/mol. The van der Waals surface area contributed by atoms with Gasteiger partial charge in [0.25, 0.3) is 5.91 Å². The van der Waals surface area contributed by atoms with E-state index in [2.05, 4.69) is 0 Å². The van der Waals surface area contributed by atoms with Crippen LogP contribution in [0.1, 0.15) is 27.7 Å². The van der Waals surface area contributed by atoms with Crippen molar-refractivity contribution in [3.63, 3.8) is 0 Å². The Kier molecular flexibility index (Phi) is 3.86. The van der Waals surface area contributed by atoms with E-state index in [1.165, 1.54) is 0 Å². The number of amides is 1. The van der Waals surface area contributed by atoms with Crippen molar-refractivity contribution in [2.24, 2.45) is 0 Å². The number of rotatable bonds is 4. The second-order valence-electron chi connectivity index (χ2n) is 5.97. The lowest BCUT2D eigenvalue weighted by molar-refractivity contribution is 0.0663. The van der Waals surface area contributed by atoms with Crippen LogP contribution in [0, 0.1) is 0 Å². The van der Waals surface area contributed by atoms with Crippen molar-refractivity contribution < 1.29 is 13.9 Å². The topological polar surface area (TPSA) is 59.8 Å². The van der Waals surface area contributed by atoms with Gasteiger partial charge in [-0.1, -0.05) is 42.5 Å². The van der Waals surface area contributed by atoms with Crippen LogP contribution in [0.5, 0.6) is 0 Å². The molecule has 1 aliphatic heterocycles. The minimum atomic E-state index is -0.459. The molecule has 0 radical (unpaired) electrons. The van der Waals surface area contributed by atoms with Crippen LogP contribution in [0.15, 0.2) is 63.8 Å². The average Bonchev–Trinajstić information content (AvgIpc) is 2.93. The van der Waals surface area contributed by atoms with Crippen LogP contribution in [0.25, 0.3) is 11.0 Å². The number of benzene rings is 2. The van der Waals surface area contributed by atoms with Crippen molar-refractivity contribution in [1.29, 1.82) is 0 Å². The van der Waals surface area contributed by atoms with Gasteiger partial charge in [0.05, 0.1) is 23.6 Å². The summed E-state index contributed by atoms with van der Waals surface area (Å²) in [7, 11) is 1.59. The molecule has 2 aromatic carbocycles. The number of ether oxygens (including phenoxy) is 1. The van der Waals surface area contributed by atoms with Crippen molar-refractivity contribution in [2.75, 3.05) is 20.3 Å². The maximum atomic E-state index is 13.1. The normalized spacial score (nSPS) is 16.4. The van der Waals surface area contributed by atoms with Gasteiger partial charge in [0, 0.05) is 13.7 Å². The zero-order valence-electron chi connectivity index (χ0n) is 13.8. The van der Waals surface area contributed by atoms with Crippen LogP contribution in [-0.4, -0.2) is 31.1 Å². The molecule has 1 amide bonds. The standard InChI is InChI=1S/C20H17NO4/c1-24-12-11-21-17(13-7-3-2-4-8-13)16-18(22)14-9-5-6-10-15(14)25-19(16)20(21)23/h2-10,17H,11-12H2,1H3/t17-/m1/s1. The molecule has 0 aliphatic carbocycles. The Morgan fingerprint density at radius 2 is 1.76 bits per heavy atom. The molecule has 5 nitrogen and oxygen atoms in total. The van der Waals surface area contributed by atoms with Gasteiger partial charge in [0.1, 0.15) is 5.58 Å². The largest absolute Gasteiger partial charge is 0.450 e. The summed E-state index contributed by atoms with van der Waals surface area (Å²) in [4.78, 5) is 27.7. The first-order valence-electron chi connectivity index (χ1n) is 8.13. The maximum absolute atomic E-state index is 13.1. The summed E-state index contributed by atoms with van der Waals surface area (Å²) in [6.07, 6.45) is 0. The Balaban J connectivity index is 1.97. The number of para-hydroxylation sites is 1. The number of fused-ring (bicyclic) bond motifs is 2. The smallest absolute Gasteiger partial charge is 0.290 e. The lowest BCUT2D eigenvalue weighted by Gasteiger charge is -2.24. The first-order chi connectivity index (χ1) is 12.2. The Bertz CT molecular complexity index is 993. The fraction of sp³-hybridized carbons (Fsp3) is 0.200. The lowest BCUT2D eigenvalue weighted by Crippen LogP contribution is -2.32. The van der Waals surface area contributed by atoms with Crippen molar-refractivity contribution in [1.82, 2.24) is 4.90 Å². The Labute approximate surface area is 144 Å². The number of carbonyl (C=O) groups is 1. The van der Waals surface area contributed by atoms with E-state index in [4.69, 9.17) is 9.15 Å². The minimum Gasteiger partial charge on any atom is -0.450 e. The molecule has 3 aromatic rings. The van der Waals surface area contributed by atoms with Crippen LogP contribution < -0.4 is 5.43 Å². The molecule has 5 heteroatoms. The van der Waals surface area contributed by atoms with Gasteiger partial charge in [-0.3, -0.25) is 9.59 Å². The zero-order valence-corrected chi connectivity index (χ0v) is 13.8. The van der Waals surface area contributed by atoms with E-state index in [0.29, 0.717) is 29.7 Å². The molecule has 1 aromatic heterocycles. The third-order valence-electron chi connectivity index (χ3n) is 4.52. The molecular weight excluding hydrogens is 318 g/mol. The van der Waals surface area contributed by atoms with Crippen LogP contribution in [0.3, 0.4) is 0 Å². The Morgan fingerprint density at radius 1 is 1.04 bits per heavy atom. The van der Waals surface area contributed by atoms with Gasteiger partial charge in [-0.15, -0.1) is 0 Å². The molecule has 0 fully saturated rings. The summed E-state index contributed by atoms with van der Waals surface area (Å²) in [6, 6.07) is 16.1. The molecule has 1 aliphatic rings. The van der Waals surface area contributed by atoms with E-state index in [-0.39, 0.29) is 17.1 Å². The molecule has 0 spiro atoms. The third-order valence-corrected chi connectivity index (χ3v) is 4.52. The van der Waals surface area contributed by atoms with E-state index in [0.717, 1.165) is 5.56 Å². The number of hydrogen-bond donors (Lipinski definition) is 0. The molecule has 2 heterocycles. The molecule has 0 saturated heterocycles. The van der Waals surface area contributed by atoms with Gasteiger partial charge in [0.2, 0.25) is 5.76 Å². The van der Waals surface area contributed by atoms with Gasteiger partial charge < -0.3 is 14.1 Å². The second-order valence-corrected chi connectivity index (χ2v) is 5.97. The van der Waals surface area contributed by atoms with E-state index in [1.807, 2.05) is 30.3 Å². The van der Waals surface area contributed by atoms with Crippen LogP contribution in [0.4, 0.5) is 0 Å². The number of methoxy groups -OCH3 is 1. The van der Waals surface area contributed by atoms with E-state index < -0.39 is 6.04 Å². The molecule has 4 rings (SSSR count). The Morgan fingerprint density at radius 3 is 2.52 bits per heavy atom. The third kappa shape index (κ3) is 2.44. The van der Waals surface area contributed by atoms with E-state index >= 15 is 0 Å². The summed E-state index contributed by atoms with van der Waals surface area (Å²) in [5.41, 5.74) is 1.57. The first kappa shape index (κ1) is 15.6. The van der Waals surface area contributed by atoms with Crippen LogP contribution in [-0.2, 0) is 4.74 Å². The van der Waals surface area contributed by atoms with Crippen molar-refractivity contribution in [3.05, 3.63) is 81.7 Å². The van der Waals surface area contributed by atoms with Gasteiger partial charge in [-0.05, 0) is 17.7 Å². The quantitative estimate of drug-likeness (QED) is 0.735. The molecule has 0 bridgehead atoms. The monoisotopic (exact) mass is 335 g/mol. The molecule has 0 unspecified atom stereocenters. The second kappa shape index (κ2) is 6.18. The molecular formula is C20H17NO4. The van der Waals surface area contributed by atoms with E-state index in [9.17, 15) is 9.59 Å². The van der Waals surface area contributed by atoms with Gasteiger partial charge in [-0.2, -0.15) is 0 Å². The molecule has 25 heavy (non-hydrogen) atoms. The minimum absolute atomic E-state index is 0.133. The van der Waals surface area contributed by atoms with Crippen LogP contribution in [0.2, 0.25) is 0 Å². The SMILES string of the molecule is COCCN1C(=O)c2oc3ccccc3c(=O)c2[C@H]1c1ccccc1. The number of carbonyl (C=O) groups excluding carboxylic acids is 1. The van der Waals surface area contributed by atoms with Crippen molar-refractivity contribution in [2.45, 2.75) is 6.04 Å². The van der Waals surface area contributed by atoms with Crippen molar-refractivity contribution >= 4 is 16.9 Å². The summed E-state index contributed by atoms with van der Waals surface area (Å²) in [6.45, 7) is 0.769. The summed E-state index contributed by atoms with van der Waals surface area (Å²) in [5, 5.41) is 0.489. The van der Waals surface area contributed by atoms with Gasteiger partial charge in [0.15, 0.2) is 5.43 Å². The molecule has 0 saturated carbocycles. The summed E-state index contributed by atoms with van der Waals surface area (Å²) >= 11 is 0. The zero-order chi connectivity index (χ0) is 17.4. The Hall–Kier alpha value is -2.92. The van der Waals surface area contributed by atoms with Gasteiger partial charge >= 0.3 is 0 Å². The van der Waals surface area contributed by atoms with E-state index in [1.54, 1.807) is 36.3 Å². The van der Waals surface area contributed by atoms with Crippen molar-refractivity contribution in [3.8, 4) is 0 Å². The van der Waals surface area contributed by atoms with Gasteiger partial charge in [-0.25, -0.2) is 0 Å². The molecule has 1 atom stereocenters. The maximum Gasteiger partial charge on any atom is 0.290 e. The number of hydrogen-bond acceptors (Lipinski definition) is 4. The predicted octanol–water partition coefficient (Wildman–Crippen LogP) is 2.98. The summed E-state index contributed by atoms with van der Waals surface area (Å²) < 4.78 is 11.0. The molecule has 126 valence electrons.